The molecule has 0 spiro atoms. The molecule has 174 valence electrons. The Morgan fingerprint density at radius 1 is 1.03 bits per heavy atom. The van der Waals surface area contributed by atoms with Crippen LogP contribution in [-0.4, -0.2) is 65.8 Å². The van der Waals surface area contributed by atoms with Crippen molar-refractivity contribution in [2.24, 2.45) is 0 Å². The molecule has 4 rings (SSSR count). The van der Waals surface area contributed by atoms with Crippen LogP contribution in [-0.2, 0) is 4.74 Å². The molecule has 1 saturated carbocycles. The second kappa shape index (κ2) is 9.83. The first-order chi connectivity index (χ1) is 15.3. The third-order valence-electron chi connectivity index (χ3n) is 6.54. The van der Waals surface area contributed by atoms with Crippen molar-refractivity contribution in [3.8, 4) is 5.75 Å². The van der Waals surface area contributed by atoms with Crippen molar-refractivity contribution in [2.45, 2.75) is 42.8 Å². The topological polar surface area (TPSA) is 62.2 Å². The van der Waals surface area contributed by atoms with Crippen LogP contribution in [0.15, 0.2) is 48.5 Å². The molecule has 1 atom stereocenters. The van der Waals surface area contributed by atoms with E-state index in [0.29, 0.717) is 38.5 Å². The molecule has 32 heavy (non-hydrogen) atoms. The molecular formula is C25H31F2NO4. The van der Waals surface area contributed by atoms with Crippen LogP contribution in [0.2, 0.25) is 0 Å². The summed E-state index contributed by atoms with van der Waals surface area (Å²) in [5.74, 6) is -1.16. The number of hydrogen-bond acceptors (Lipinski definition) is 5. The first-order valence-corrected chi connectivity index (χ1v) is 11.2. The van der Waals surface area contributed by atoms with Crippen LogP contribution in [0, 0.1) is 11.6 Å². The minimum Gasteiger partial charge on any atom is -0.487 e. The van der Waals surface area contributed by atoms with Gasteiger partial charge in [-0.15, -0.1) is 0 Å². The average Bonchev–Trinajstić information content (AvgIpc) is 2.95. The summed E-state index contributed by atoms with van der Waals surface area (Å²) in [6, 6.07) is 13.5. The zero-order chi connectivity index (χ0) is 22.6. The molecule has 2 aromatic carbocycles. The van der Waals surface area contributed by atoms with Crippen LogP contribution in [0.1, 0.15) is 37.2 Å². The van der Waals surface area contributed by atoms with Crippen molar-refractivity contribution in [3.63, 3.8) is 0 Å². The number of ether oxygens (including phenoxy) is 2. The van der Waals surface area contributed by atoms with Crippen molar-refractivity contribution < 1.29 is 28.5 Å². The van der Waals surface area contributed by atoms with Gasteiger partial charge in [-0.2, -0.15) is 0 Å². The molecule has 2 N–H and O–H groups in total. The first-order valence-electron chi connectivity index (χ1n) is 11.2. The molecule has 1 saturated heterocycles. The Morgan fingerprint density at radius 3 is 2.50 bits per heavy atom. The van der Waals surface area contributed by atoms with E-state index in [0.717, 1.165) is 25.0 Å². The fraction of sp³-hybridized carbons (Fsp3) is 0.520. The average molecular weight is 448 g/mol. The quantitative estimate of drug-likeness (QED) is 0.710. The van der Waals surface area contributed by atoms with E-state index in [1.54, 1.807) is 0 Å². The predicted molar refractivity (Wildman–Crippen MR) is 117 cm³/mol. The summed E-state index contributed by atoms with van der Waals surface area (Å²) in [5.41, 5.74) is -0.868. The van der Waals surface area contributed by atoms with Crippen LogP contribution >= 0.6 is 0 Å². The van der Waals surface area contributed by atoms with E-state index in [1.807, 2.05) is 23.1 Å². The van der Waals surface area contributed by atoms with Gasteiger partial charge in [0.25, 0.3) is 0 Å². The maximum absolute atomic E-state index is 13.9. The van der Waals surface area contributed by atoms with Gasteiger partial charge in [0.1, 0.15) is 18.0 Å². The monoisotopic (exact) mass is 447 g/mol. The molecule has 2 aliphatic rings. The normalized spacial score (nSPS) is 29.4. The summed E-state index contributed by atoms with van der Waals surface area (Å²) < 4.78 is 38.0. The zero-order valence-electron chi connectivity index (χ0n) is 18.2. The lowest BCUT2D eigenvalue weighted by atomic mass is 9.76. The van der Waals surface area contributed by atoms with Gasteiger partial charge < -0.3 is 19.7 Å². The van der Waals surface area contributed by atoms with Crippen LogP contribution < -0.4 is 4.74 Å². The van der Waals surface area contributed by atoms with Gasteiger partial charge in [0, 0.05) is 25.7 Å². The highest BCUT2D eigenvalue weighted by Crippen LogP contribution is 2.38. The highest BCUT2D eigenvalue weighted by Gasteiger charge is 2.39. The molecule has 0 bridgehead atoms. The Kier molecular flexibility index (Phi) is 7.10. The molecule has 0 radical (unpaired) electrons. The Hall–Kier alpha value is -2.06. The minimum atomic E-state index is -1.37. The maximum atomic E-state index is 13.9. The van der Waals surface area contributed by atoms with E-state index in [1.165, 1.54) is 11.6 Å². The molecule has 0 unspecified atom stereocenters. The number of β-amino-alcohol motifs (C(OH)–C–C–N with tert-alkyl or cyclic N) is 2. The van der Waals surface area contributed by atoms with E-state index in [4.69, 9.17) is 9.47 Å². The molecule has 2 fully saturated rings. The van der Waals surface area contributed by atoms with Gasteiger partial charge in [0.05, 0.1) is 18.8 Å². The molecule has 2 aromatic rings. The molecular weight excluding hydrogens is 416 g/mol. The van der Waals surface area contributed by atoms with E-state index >= 15 is 0 Å². The second-order valence-electron chi connectivity index (χ2n) is 9.26. The Balaban J connectivity index is 1.34. The summed E-state index contributed by atoms with van der Waals surface area (Å²) in [6.07, 6.45) is 3.23. The smallest absolute Gasteiger partial charge is 0.167 e. The van der Waals surface area contributed by atoms with Gasteiger partial charge >= 0.3 is 0 Å². The lowest BCUT2D eigenvalue weighted by Crippen LogP contribution is -2.53. The third kappa shape index (κ3) is 5.84. The lowest BCUT2D eigenvalue weighted by molar-refractivity contribution is -0.0770. The van der Waals surface area contributed by atoms with E-state index in [9.17, 15) is 19.0 Å². The first kappa shape index (κ1) is 23.1. The largest absolute Gasteiger partial charge is 0.487 e. The number of halogens is 2. The van der Waals surface area contributed by atoms with Crippen molar-refractivity contribution in [1.82, 2.24) is 4.90 Å². The molecule has 0 amide bonds. The van der Waals surface area contributed by atoms with Crippen molar-refractivity contribution in [1.29, 1.82) is 0 Å². The van der Waals surface area contributed by atoms with Crippen molar-refractivity contribution in [2.75, 3.05) is 39.5 Å². The van der Waals surface area contributed by atoms with Gasteiger partial charge in [0.15, 0.2) is 11.6 Å². The molecule has 0 aromatic heterocycles. The van der Waals surface area contributed by atoms with E-state index < -0.39 is 22.8 Å². The Morgan fingerprint density at radius 2 is 1.78 bits per heavy atom. The van der Waals surface area contributed by atoms with Crippen LogP contribution in [0.3, 0.4) is 0 Å². The van der Waals surface area contributed by atoms with Crippen LogP contribution in [0.25, 0.3) is 0 Å². The van der Waals surface area contributed by atoms with E-state index in [-0.39, 0.29) is 25.5 Å². The number of rotatable bonds is 6. The molecule has 1 aliphatic carbocycles. The SMILES string of the molecule is OC1(CN2CCOC[C@@](O)(COc3ccc(F)cc3F)C2)CCC(c2ccccc2)CC1. The summed E-state index contributed by atoms with van der Waals surface area (Å²) >= 11 is 0. The predicted octanol–water partition coefficient (Wildman–Crippen LogP) is 3.50. The summed E-state index contributed by atoms with van der Waals surface area (Å²) in [6.45, 7) is 1.53. The Bertz CT molecular complexity index is 889. The van der Waals surface area contributed by atoms with Gasteiger partial charge in [-0.1, -0.05) is 30.3 Å². The van der Waals surface area contributed by atoms with Gasteiger partial charge in [-0.25, -0.2) is 8.78 Å². The molecule has 5 nitrogen and oxygen atoms in total. The number of hydrogen-bond donors (Lipinski definition) is 2. The standard InChI is InChI=1S/C25H31F2NO4/c26-21-6-7-23(22(27)14-21)32-18-25(30)16-28(12-13-31-17-25)15-24(29)10-8-20(9-11-24)19-4-2-1-3-5-19/h1-7,14,20,29-30H,8-13,15-18H2/t20?,24?,25-/m1/s1. The Labute approximate surface area is 187 Å². The van der Waals surface area contributed by atoms with Crippen molar-refractivity contribution >= 4 is 0 Å². The van der Waals surface area contributed by atoms with Crippen LogP contribution in [0.5, 0.6) is 5.75 Å². The lowest BCUT2D eigenvalue weighted by Gasteiger charge is -2.40. The molecule has 7 heteroatoms. The highest BCUT2D eigenvalue weighted by molar-refractivity contribution is 5.25. The zero-order valence-corrected chi connectivity index (χ0v) is 18.2. The number of benzene rings is 2. The molecule has 1 heterocycles. The van der Waals surface area contributed by atoms with E-state index in [2.05, 4.69) is 12.1 Å². The van der Waals surface area contributed by atoms with Gasteiger partial charge in [-0.05, 0) is 49.3 Å². The maximum Gasteiger partial charge on any atom is 0.167 e. The van der Waals surface area contributed by atoms with Gasteiger partial charge in [-0.3, -0.25) is 4.90 Å². The highest BCUT2D eigenvalue weighted by atomic mass is 19.1. The second-order valence-corrected chi connectivity index (χ2v) is 9.26. The fourth-order valence-electron chi connectivity index (χ4n) is 4.81. The minimum absolute atomic E-state index is 0.0425. The summed E-state index contributed by atoms with van der Waals surface area (Å²) in [5, 5.41) is 22.3. The van der Waals surface area contributed by atoms with Crippen molar-refractivity contribution in [3.05, 3.63) is 65.7 Å². The summed E-state index contributed by atoms with van der Waals surface area (Å²) in [4.78, 5) is 2.00. The number of aliphatic hydroxyl groups is 2. The number of nitrogens with zero attached hydrogens (tertiary/aromatic N) is 1. The van der Waals surface area contributed by atoms with Crippen LogP contribution in [0.4, 0.5) is 8.78 Å². The fourth-order valence-corrected chi connectivity index (χ4v) is 4.81. The molecule has 1 aliphatic heterocycles. The van der Waals surface area contributed by atoms with Gasteiger partial charge in [0.2, 0.25) is 0 Å². The third-order valence-corrected chi connectivity index (χ3v) is 6.54. The summed E-state index contributed by atoms with van der Waals surface area (Å²) in [7, 11) is 0.